The molecule has 0 atom stereocenters. The average Bonchev–Trinajstić information content (AvgIpc) is 2.64. The zero-order valence-electron chi connectivity index (χ0n) is 10.6. The summed E-state index contributed by atoms with van der Waals surface area (Å²) in [6, 6.07) is 5.01. The van der Waals surface area contributed by atoms with Crippen molar-refractivity contribution >= 4 is 23.2 Å². The number of benzene rings is 1. The van der Waals surface area contributed by atoms with E-state index in [1.54, 1.807) is 18.2 Å². The Balaban J connectivity index is 2.87. The molecule has 4 nitrogen and oxygen atoms in total. The minimum atomic E-state index is -0.949. The highest BCUT2D eigenvalue weighted by molar-refractivity contribution is 5.97. The highest BCUT2D eigenvalue weighted by atomic mass is 16.4. The molecule has 1 aromatic carbocycles. The van der Waals surface area contributed by atoms with E-state index in [0.29, 0.717) is 5.69 Å². The number of aryl methyl sites for hydroxylation is 1. The van der Waals surface area contributed by atoms with Crippen LogP contribution in [-0.4, -0.2) is 21.9 Å². The Morgan fingerprint density at radius 2 is 2.00 bits per heavy atom. The maximum Gasteiger partial charge on any atom is 0.335 e. The maximum absolute atomic E-state index is 11.1. The van der Waals surface area contributed by atoms with Crippen LogP contribution in [0.3, 0.4) is 0 Å². The second kappa shape index (κ2) is 4.29. The number of carboxylic acid groups (broad SMARTS) is 1. The van der Waals surface area contributed by atoms with Crippen molar-refractivity contribution in [2.24, 2.45) is 7.05 Å². The lowest BCUT2D eigenvalue weighted by Crippen LogP contribution is -2.02. The summed E-state index contributed by atoms with van der Waals surface area (Å²) in [5, 5.41) is 9.90. The lowest BCUT2D eigenvalue weighted by molar-refractivity contribution is 0.0696. The molecule has 0 aliphatic heterocycles. The molecule has 0 fully saturated rings. The molecule has 0 aliphatic rings. The minimum absolute atomic E-state index is 0.194. The van der Waals surface area contributed by atoms with Gasteiger partial charge in [-0.3, -0.25) is 4.79 Å². The van der Waals surface area contributed by atoms with Crippen LogP contribution in [0.2, 0.25) is 0 Å². The Hall–Kier alpha value is -2.10. The van der Waals surface area contributed by atoms with Gasteiger partial charge in [0.1, 0.15) is 0 Å². The summed E-state index contributed by atoms with van der Waals surface area (Å²) in [5.41, 5.74) is 2.68. The summed E-state index contributed by atoms with van der Waals surface area (Å²) >= 11 is 0. The van der Waals surface area contributed by atoms with Gasteiger partial charge in [0.15, 0.2) is 6.29 Å². The maximum atomic E-state index is 11.1. The molecular weight excluding hydrogens is 230 g/mol. The molecule has 0 bridgehead atoms. The number of aldehydes is 1. The first-order valence-electron chi connectivity index (χ1n) is 5.77. The van der Waals surface area contributed by atoms with Crippen LogP contribution in [0.1, 0.15) is 46.2 Å². The molecule has 0 unspecified atom stereocenters. The number of aromatic carboxylic acids is 1. The van der Waals surface area contributed by atoms with E-state index in [9.17, 15) is 9.59 Å². The van der Waals surface area contributed by atoms with Crippen molar-refractivity contribution in [3.63, 3.8) is 0 Å². The molecule has 1 heterocycles. The minimum Gasteiger partial charge on any atom is -0.478 e. The lowest BCUT2D eigenvalue weighted by atomic mass is 9.97. The van der Waals surface area contributed by atoms with E-state index in [0.717, 1.165) is 22.8 Å². The molecule has 4 heteroatoms. The van der Waals surface area contributed by atoms with Crippen molar-refractivity contribution in [2.75, 3.05) is 0 Å². The first-order valence-corrected chi connectivity index (χ1v) is 5.77. The molecule has 0 radical (unpaired) electrons. The van der Waals surface area contributed by atoms with Crippen LogP contribution >= 0.6 is 0 Å². The van der Waals surface area contributed by atoms with Crippen molar-refractivity contribution in [2.45, 2.75) is 19.8 Å². The Morgan fingerprint density at radius 3 is 2.50 bits per heavy atom. The number of carbonyl (C=O) groups excluding carboxylic acids is 1. The quantitative estimate of drug-likeness (QED) is 0.846. The molecular formula is C14H15NO3. The number of carboxylic acids is 1. The van der Waals surface area contributed by atoms with Gasteiger partial charge in [-0.15, -0.1) is 0 Å². The third-order valence-electron chi connectivity index (χ3n) is 3.18. The first kappa shape index (κ1) is 12.4. The van der Waals surface area contributed by atoms with Crippen molar-refractivity contribution in [3.8, 4) is 0 Å². The van der Waals surface area contributed by atoms with Gasteiger partial charge in [0, 0.05) is 12.4 Å². The van der Waals surface area contributed by atoms with E-state index in [1.165, 1.54) is 0 Å². The summed E-state index contributed by atoms with van der Waals surface area (Å²) in [7, 11) is 1.82. The first-order chi connectivity index (χ1) is 8.45. The van der Waals surface area contributed by atoms with Crippen LogP contribution in [0.15, 0.2) is 18.2 Å². The number of hydrogen-bond acceptors (Lipinski definition) is 2. The standard InChI is InChI=1S/C14H15NO3/c1-8(2)12-6-10(14(17)18)4-9-5-11(7-16)15(3)13(9)12/h4-8H,1-3H3,(H,17,18). The Labute approximate surface area is 105 Å². The largest absolute Gasteiger partial charge is 0.478 e. The summed E-state index contributed by atoms with van der Waals surface area (Å²) < 4.78 is 1.81. The predicted octanol–water partition coefficient (Wildman–Crippen LogP) is 2.81. The van der Waals surface area contributed by atoms with Gasteiger partial charge in [0.05, 0.1) is 16.8 Å². The number of aromatic nitrogens is 1. The Bertz CT molecular complexity index is 638. The van der Waals surface area contributed by atoms with Crippen LogP contribution in [0, 0.1) is 0 Å². The summed E-state index contributed by atoms with van der Waals surface area (Å²) in [6.07, 6.45) is 0.782. The molecule has 2 rings (SSSR count). The molecule has 0 saturated heterocycles. The highest BCUT2D eigenvalue weighted by Crippen LogP contribution is 2.29. The van der Waals surface area contributed by atoms with E-state index in [4.69, 9.17) is 5.11 Å². The van der Waals surface area contributed by atoms with Gasteiger partial charge in [-0.25, -0.2) is 4.79 Å². The molecule has 1 aromatic heterocycles. The number of fused-ring (bicyclic) bond motifs is 1. The van der Waals surface area contributed by atoms with Gasteiger partial charge in [0.25, 0.3) is 0 Å². The number of nitrogens with zero attached hydrogens (tertiary/aromatic N) is 1. The van der Waals surface area contributed by atoms with Crippen molar-refractivity contribution in [1.82, 2.24) is 4.57 Å². The lowest BCUT2D eigenvalue weighted by Gasteiger charge is -2.11. The fraction of sp³-hybridized carbons (Fsp3) is 0.286. The number of rotatable bonds is 3. The van der Waals surface area contributed by atoms with Crippen LogP contribution in [-0.2, 0) is 7.05 Å². The van der Waals surface area contributed by atoms with E-state index >= 15 is 0 Å². The van der Waals surface area contributed by atoms with Crippen LogP contribution < -0.4 is 0 Å². The Kier molecular flexibility index (Phi) is 2.95. The zero-order valence-corrected chi connectivity index (χ0v) is 10.6. The zero-order chi connectivity index (χ0) is 13.4. The normalized spacial score (nSPS) is 11.1. The molecule has 18 heavy (non-hydrogen) atoms. The van der Waals surface area contributed by atoms with E-state index < -0.39 is 5.97 Å². The van der Waals surface area contributed by atoms with Crippen LogP contribution in [0.4, 0.5) is 0 Å². The second-order valence-electron chi connectivity index (χ2n) is 4.71. The third-order valence-corrected chi connectivity index (χ3v) is 3.18. The molecule has 0 amide bonds. The highest BCUT2D eigenvalue weighted by Gasteiger charge is 2.15. The van der Waals surface area contributed by atoms with Crippen LogP contribution in [0.25, 0.3) is 10.9 Å². The van der Waals surface area contributed by atoms with Crippen LogP contribution in [0.5, 0.6) is 0 Å². The van der Waals surface area contributed by atoms with Gasteiger partial charge < -0.3 is 9.67 Å². The van der Waals surface area contributed by atoms with Gasteiger partial charge in [-0.1, -0.05) is 13.8 Å². The van der Waals surface area contributed by atoms with Gasteiger partial charge >= 0.3 is 5.97 Å². The molecule has 0 aliphatic carbocycles. The predicted molar refractivity (Wildman–Crippen MR) is 69.4 cm³/mol. The molecule has 2 aromatic rings. The number of carbonyl (C=O) groups is 2. The Morgan fingerprint density at radius 1 is 1.33 bits per heavy atom. The van der Waals surface area contributed by atoms with Gasteiger partial charge in [-0.05, 0) is 29.7 Å². The van der Waals surface area contributed by atoms with Gasteiger partial charge in [0.2, 0.25) is 0 Å². The molecule has 94 valence electrons. The van der Waals surface area contributed by atoms with Crippen molar-refractivity contribution < 1.29 is 14.7 Å². The monoisotopic (exact) mass is 245 g/mol. The SMILES string of the molecule is CC(C)c1cc(C(=O)O)cc2cc(C=O)n(C)c12. The van der Waals surface area contributed by atoms with E-state index in [1.807, 2.05) is 25.5 Å². The second-order valence-corrected chi connectivity index (χ2v) is 4.71. The molecule has 0 saturated carbocycles. The summed E-state index contributed by atoms with van der Waals surface area (Å²) in [4.78, 5) is 22.1. The fourth-order valence-electron chi connectivity index (χ4n) is 2.24. The summed E-state index contributed by atoms with van der Waals surface area (Å²) in [6.45, 7) is 4.02. The van der Waals surface area contributed by atoms with Gasteiger partial charge in [-0.2, -0.15) is 0 Å². The molecule has 1 N–H and O–H groups in total. The topological polar surface area (TPSA) is 59.3 Å². The van der Waals surface area contributed by atoms with E-state index in [-0.39, 0.29) is 11.5 Å². The van der Waals surface area contributed by atoms with Crippen molar-refractivity contribution in [3.05, 3.63) is 35.0 Å². The fourth-order valence-corrected chi connectivity index (χ4v) is 2.24. The summed E-state index contributed by atoms with van der Waals surface area (Å²) in [5.74, 6) is -0.754. The van der Waals surface area contributed by atoms with Crippen molar-refractivity contribution in [1.29, 1.82) is 0 Å². The average molecular weight is 245 g/mol. The third kappa shape index (κ3) is 1.79. The van der Waals surface area contributed by atoms with E-state index in [2.05, 4.69) is 0 Å². The number of hydrogen-bond donors (Lipinski definition) is 1. The smallest absolute Gasteiger partial charge is 0.335 e. The molecule has 0 spiro atoms.